The maximum Gasteiger partial charge on any atom is 0.246 e. The van der Waals surface area contributed by atoms with Gasteiger partial charge < -0.3 is 4.90 Å². The van der Waals surface area contributed by atoms with E-state index in [1.165, 1.54) is 28.0 Å². The number of benzene rings is 3. The van der Waals surface area contributed by atoms with Gasteiger partial charge in [-0.1, -0.05) is 48.5 Å². The summed E-state index contributed by atoms with van der Waals surface area (Å²) in [5, 5.41) is 4.81. The number of fused-ring (bicyclic) bond motifs is 2. The number of hydrogen-bond acceptors (Lipinski definition) is 1. The number of hydrogen-bond donors (Lipinski definition) is 0. The molecule has 0 aliphatic carbocycles. The zero-order chi connectivity index (χ0) is 16.4. The molecular formula is C22H21NO. The van der Waals surface area contributed by atoms with Crippen molar-refractivity contribution in [1.29, 1.82) is 0 Å². The summed E-state index contributed by atoms with van der Waals surface area (Å²) in [5.41, 5.74) is 1.13. The fourth-order valence-electron chi connectivity index (χ4n) is 3.60. The number of carbonyl (C=O) groups is 1. The van der Waals surface area contributed by atoms with Gasteiger partial charge in [-0.3, -0.25) is 4.79 Å². The van der Waals surface area contributed by atoms with E-state index in [0.717, 1.165) is 31.5 Å². The van der Waals surface area contributed by atoms with Crippen molar-refractivity contribution in [2.45, 2.75) is 19.3 Å². The van der Waals surface area contributed by atoms with Crippen LogP contribution in [0.1, 0.15) is 24.8 Å². The molecule has 2 nitrogen and oxygen atoms in total. The highest BCUT2D eigenvalue weighted by atomic mass is 16.2. The van der Waals surface area contributed by atoms with Gasteiger partial charge in [-0.25, -0.2) is 0 Å². The quantitative estimate of drug-likeness (QED) is 0.480. The molecule has 3 aromatic carbocycles. The minimum atomic E-state index is 0.131. The van der Waals surface area contributed by atoms with E-state index in [1.807, 2.05) is 11.0 Å². The second-order valence-corrected chi connectivity index (χ2v) is 6.45. The highest BCUT2D eigenvalue weighted by Gasteiger charge is 2.14. The minimum Gasteiger partial charge on any atom is -0.339 e. The molecule has 1 saturated heterocycles. The number of likely N-dealkylation sites (tertiary alicyclic amines) is 1. The Balaban J connectivity index is 1.78. The Labute approximate surface area is 142 Å². The third kappa shape index (κ3) is 2.80. The number of carbonyl (C=O) groups excluding carboxylic acids is 1. The van der Waals surface area contributed by atoms with Crippen molar-refractivity contribution in [2.24, 2.45) is 0 Å². The van der Waals surface area contributed by atoms with Crippen LogP contribution >= 0.6 is 0 Å². The monoisotopic (exact) mass is 315 g/mol. The molecule has 0 unspecified atom stereocenters. The summed E-state index contributed by atoms with van der Waals surface area (Å²) in [4.78, 5) is 14.4. The van der Waals surface area contributed by atoms with E-state index in [-0.39, 0.29) is 5.91 Å². The van der Waals surface area contributed by atoms with Crippen LogP contribution in [0.4, 0.5) is 0 Å². The van der Waals surface area contributed by atoms with E-state index >= 15 is 0 Å². The maximum atomic E-state index is 12.5. The van der Waals surface area contributed by atoms with Crippen molar-refractivity contribution < 1.29 is 4.79 Å². The molecule has 1 fully saturated rings. The lowest BCUT2D eigenvalue weighted by Crippen LogP contribution is -2.34. The van der Waals surface area contributed by atoms with E-state index in [4.69, 9.17) is 0 Å². The normalized spacial score (nSPS) is 15.4. The zero-order valence-corrected chi connectivity index (χ0v) is 13.7. The van der Waals surface area contributed by atoms with Crippen molar-refractivity contribution in [3.05, 3.63) is 66.2 Å². The molecule has 2 heteroatoms. The average Bonchev–Trinajstić information content (AvgIpc) is 2.65. The third-order valence-electron chi connectivity index (χ3n) is 4.87. The molecule has 4 rings (SSSR count). The highest BCUT2D eigenvalue weighted by molar-refractivity contribution is 6.08. The van der Waals surface area contributed by atoms with Crippen molar-refractivity contribution in [2.75, 3.05) is 13.1 Å². The van der Waals surface area contributed by atoms with E-state index < -0.39 is 0 Å². The summed E-state index contributed by atoms with van der Waals surface area (Å²) in [7, 11) is 0. The molecule has 0 atom stereocenters. The molecule has 1 heterocycles. The summed E-state index contributed by atoms with van der Waals surface area (Å²) in [6, 6.07) is 19.0. The Bertz CT molecular complexity index is 866. The molecule has 0 aromatic heterocycles. The number of amides is 1. The Morgan fingerprint density at radius 2 is 1.42 bits per heavy atom. The number of nitrogens with zero attached hydrogens (tertiary/aromatic N) is 1. The average molecular weight is 315 g/mol. The first-order valence-corrected chi connectivity index (χ1v) is 8.70. The van der Waals surface area contributed by atoms with Gasteiger partial charge in [0, 0.05) is 19.2 Å². The molecule has 0 spiro atoms. The van der Waals surface area contributed by atoms with E-state index in [9.17, 15) is 4.79 Å². The van der Waals surface area contributed by atoms with Gasteiger partial charge >= 0.3 is 0 Å². The Morgan fingerprint density at radius 1 is 0.833 bits per heavy atom. The largest absolute Gasteiger partial charge is 0.339 e. The summed E-state index contributed by atoms with van der Waals surface area (Å²) in [5.74, 6) is 0.131. The zero-order valence-electron chi connectivity index (χ0n) is 13.7. The van der Waals surface area contributed by atoms with Gasteiger partial charge in [0.25, 0.3) is 0 Å². The van der Waals surface area contributed by atoms with Gasteiger partial charge in [0.05, 0.1) is 0 Å². The summed E-state index contributed by atoms with van der Waals surface area (Å²) in [6.07, 6.45) is 7.23. The lowest BCUT2D eigenvalue weighted by molar-refractivity contribution is -0.126. The lowest BCUT2D eigenvalue weighted by atomic mass is 9.96. The van der Waals surface area contributed by atoms with Gasteiger partial charge in [0.2, 0.25) is 5.91 Å². The lowest BCUT2D eigenvalue weighted by Gasteiger charge is -2.25. The van der Waals surface area contributed by atoms with Crippen molar-refractivity contribution in [3.63, 3.8) is 0 Å². The molecular weight excluding hydrogens is 294 g/mol. The molecule has 0 bridgehead atoms. The molecule has 0 saturated carbocycles. The number of rotatable bonds is 2. The topological polar surface area (TPSA) is 20.3 Å². The van der Waals surface area contributed by atoms with E-state index in [2.05, 4.69) is 54.6 Å². The van der Waals surface area contributed by atoms with Crippen LogP contribution in [0.5, 0.6) is 0 Å². The van der Waals surface area contributed by atoms with Gasteiger partial charge in [-0.15, -0.1) is 0 Å². The molecule has 0 radical (unpaired) electrons. The second kappa shape index (κ2) is 6.48. The van der Waals surface area contributed by atoms with Gasteiger partial charge in [-0.05, 0) is 58.5 Å². The third-order valence-corrected chi connectivity index (χ3v) is 4.87. The first kappa shape index (κ1) is 14.9. The van der Waals surface area contributed by atoms with Crippen molar-refractivity contribution in [1.82, 2.24) is 4.90 Å². The molecule has 3 aromatic rings. The predicted molar refractivity (Wildman–Crippen MR) is 101 cm³/mol. The van der Waals surface area contributed by atoms with Crippen LogP contribution in [-0.4, -0.2) is 23.9 Å². The molecule has 24 heavy (non-hydrogen) atoms. The van der Waals surface area contributed by atoms with Crippen LogP contribution in [-0.2, 0) is 4.79 Å². The fourth-order valence-corrected chi connectivity index (χ4v) is 3.60. The van der Waals surface area contributed by atoms with Crippen LogP contribution < -0.4 is 0 Å². The van der Waals surface area contributed by atoms with Crippen LogP contribution in [0.3, 0.4) is 0 Å². The van der Waals surface area contributed by atoms with Crippen LogP contribution in [0.25, 0.3) is 27.6 Å². The Hall–Kier alpha value is -2.61. The van der Waals surface area contributed by atoms with E-state index in [1.54, 1.807) is 6.08 Å². The van der Waals surface area contributed by atoms with Gasteiger partial charge in [0.15, 0.2) is 0 Å². The summed E-state index contributed by atoms with van der Waals surface area (Å²) >= 11 is 0. The minimum absolute atomic E-state index is 0.131. The smallest absolute Gasteiger partial charge is 0.246 e. The Morgan fingerprint density at radius 3 is 2.04 bits per heavy atom. The van der Waals surface area contributed by atoms with Crippen molar-refractivity contribution >= 4 is 33.5 Å². The Kier molecular flexibility index (Phi) is 4.04. The van der Waals surface area contributed by atoms with Gasteiger partial charge in [-0.2, -0.15) is 0 Å². The van der Waals surface area contributed by atoms with Crippen LogP contribution in [0.15, 0.2) is 60.7 Å². The molecule has 1 aliphatic rings. The van der Waals surface area contributed by atoms with Crippen LogP contribution in [0, 0.1) is 0 Å². The standard InChI is InChI=1S/C22H21NO/c24-22(23-14-6-1-7-15-23)13-12-21-19-10-4-2-8-17(19)16-18-9-3-5-11-20(18)21/h2-5,8-13,16H,1,6-7,14-15H2/b13-12+. The molecule has 120 valence electrons. The summed E-state index contributed by atoms with van der Waals surface area (Å²) in [6.45, 7) is 1.78. The SMILES string of the molecule is O=C(/C=C/c1c2ccccc2cc2ccccc12)N1CCCCC1. The fraction of sp³-hybridized carbons (Fsp3) is 0.227. The van der Waals surface area contributed by atoms with E-state index in [0.29, 0.717) is 0 Å². The first-order chi connectivity index (χ1) is 11.8. The molecule has 1 amide bonds. The molecule has 1 aliphatic heterocycles. The van der Waals surface area contributed by atoms with Crippen LogP contribution in [0.2, 0.25) is 0 Å². The number of piperidine rings is 1. The predicted octanol–water partition coefficient (Wildman–Crippen LogP) is 5.02. The summed E-state index contributed by atoms with van der Waals surface area (Å²) < 4.78 is 0. The maximum absolute atomic E-state index is 12.5. The first-order valence-electron chi connectivity index (χ1n) is 8.70. The van der Waals surface area contributed by atoms with Gasteiger partial charge in [0.1, 0.15) is 0 Å². The molecule has 0 N–H and O–H groups in total. The second-order valence-electron chi connectivity index (χ2n) is 6.45. The highest BCUT2D eigenvalue weighted by Crippen LogP contribution is 2.29. The van der Waals surface area contributed by atoms with Crippen molar-refractivity contribution in [3.8, 4) is 0 Å².